The maximum Gasteiger partial charge on any atom is 0.356 e. The minimum absolute atomic E-state index is 0.0721. The van der Waals surface area contributed by atoms with Gasteiger partial charge in [0.25, 0.3) is 0 Å². The van der Waals surface area contributed by atoms with Crippen molar-refractivity contribution >= 4 is 11.4 Å². The molecule has 0 aliphatic carbocycles. The van der Waals surface area contributed by atoms with Crippen molar-refractivity contribution in [2.45, 2.75) is 0 Å². The van der Waals surface area contributed by atoms with Crippen molar-refractivity contribution in [2.75, 3.05) is 36.0 Å². The maximum atomic E-state index is 12.4. The standard InChI is InChI=1S/C22H19N3O2/c23-16-19-20(15-21(27-22(19)26)17-7-3-1-4-8-17)25-13-11-24(12-14-25)18-9-5-2-6-10-18/h1-10,15H,11-14H2. The predicted octanol–water partition coefficient (Wildman–Crippen LogP) is 3.51. The molecule has 0 spiro atoms. The van der Waals surface area contributed by atoms with E-state index in [0.29, 0.717) is 11.4 Å². The molecule has 0 atom stereocenters. The molecule has 5 nitrogen and oxygen atoms in total. The topological polar surface area (TPSA) is 60.5 Å². The third-order valence-electron chi connectivity index (χ3n) is 4.84. The van der Waals surface area contributed by atoms with Gasteiger partial charge in [-0.15, -0.1) is 0 Å². The SMILES string of the molecule is N#Cc1c(N2CCN(c3ccccc3)CC2)cc(-c2ccccc2)oc1=O. The van der Waals surface area contributed by atoms with Crippen molar-refractivity contribution in [2.24, 2.45) is 0 Å². The van der Waals surface area contributed by atoms with Crippen LogP contribution in [-0.4, -0.2) is 26.2 Å². The van der Waals surface area contributed by atoms with E-state index in [-0.39, 0.29) is 5.56 Å². The normalized spacial score (nSPS) is 14.0. The molecule has 134 valence electrons. The second-order valence-electron chi connectivity index (χ2n) is 6.45. The van der Waals surface area contributed by atoms with Crippen molar-refractivity contribution in [1.82, 2.24) is 0 Å². The molecule has 0 amide bonds. The number of para-hydroxylation sites is 1. The van der Waals surface area contributed by atoms with Crippen LogP contribution in [-0.2, 0) is 0 Å². The van der Waals surface area contributed by atoms with E-state index < -0.39 is 5.63 Å². The van der Waals surface area contributed by atoms with Gasteiger partial charge in [0.1, 0.15) is 11.8 Å². The van der Waals surface area contributed by atoms with Crippen LogP contribution in [0.25, 0.3) is 11.3 Å². The molecule has 0 unspecified atom stereocenters. The lowest BCUT2D eigenvalue weighted by atomic mass is 10.1. The average Bonchev–Trinajstić information content (AvgIpc) is 2.74. The van der Waals surface area contributed by atoms with Crippen LogP contribution in [0.3, 0.4) is 0 Å². The van der Waals surface area contributed by atoms with E-state index in [0.717, 1.165) is 31.7 Å². The third kappa shape index (κ3) is 3.42. The minimum atomic E-state index is -0.584. The van der Waals surface area contributed by atoms with E-state index >= 15 is 0 Å². The number of hydrogen-bond donors (Lipinski definition) is 0. The van der Waals surface area contributed by atoms with Crippen LogP contribution in [0, 0.1) is 11.3 Å². The summed E-state index contributed by atoms with van der Waals surface area (Å²) in [6.07, 6.45) is 0. The Morgan fingerprint density at radius 1 is 0.852 bits per heavy atom. The quantitative estimate of drug-likeness (QED) is 0.718. The van der Waals surface area contributed by atoms with Crippen LogP contribution in [0.2, 0.25) is 0 Å². The van der Waals surface area contributed by atoms with E-state index in [1.165, 1.54) is 5.69 Å². The Morgan fingerprint density at radius 2 is 1.44 bits per heavy atom. The Labute approximate surface area is 157 Å². The first-order valence-electron chi connectivity index (χ1n) is 8.95. The summed E-state index contributed by atoms with van der Waals surface area (Å²) in [4.78, 5) is 16.8. The highest BCUT2D eigenvalue weighted by Crippen LogP contribution is 2.27. The van der Waals surface area contributed by atoms with Gasteiger partial charge in [0, 0.05) is 43.5 Å². The van der Waals surface area contributed by atoms with E-state index in [4.69, 9.17) is 4.42 Å². The molecule has 0 bridgehead atoms. The van der Waals surface area contributed by atoms with Crippen LogP contribution < -0.4 is 15.4 Å². The number of anilines is 2. The van der Waals surface area contributed by atoms with Gasteiger partial charge in [0.05, 0.1) is 5.69 Å². The van der Waals surface area contributed by atoms with Gasteiger partial charge in [-0.3, -0.25) is 0 Å². The maximum absolute atomic E-state index is 12.4. The van der Waals surface area contributed by atoms with Crippen LogP contribution in [0.4, 0.5) is 11.4 Å². The zero-order chi connectivity index (χ0) is 18.6. The van der Waals surface area contributed by atoms with Crippen molar-refractivity contribution in [3.8, 4) is 17.4 Å². The zero-order valence-corrected chi connectivity index (χ0v) is 14.8. The van der Waals surface area contributed by atoms with Gasteiger partial charge in [-0.1, -0.05) is 48.5 Å². The molecule has 4 rings (SSSR count). The van der Waals surface area contributed by atoms with Crippen molar-refractivity contribution in [3.05, 3.63) is 82.7 Å². The summed E-state index contributed by atoms with van der Waals surface area (Å²) < 4.78 is 5.39. The van der Waals surface area contributed by atoms with E-state index in [1.54, 1.807) is 0 Å². The Hall–Kier alpha value is -3.52. The van der Waals surface area contributed by atoms with Crippen molar-refractivity contribution in [1.29, 1.82) is 5.26 Å². The molecular formula is C22H19N3O2. The van der Waals surface area contributed by atoms with Crippen LogP contribution in [0.1, 0.15) is 5.56 Å². The monoisotopic (exact) mass is 357 g/mol. The first kappa shape index (κ1) is 16.9. The molecule has 2 aromatic carbocycles. The largest absolute Gasteiger partial charge is 0.422 e. The highest BCUT2D eigenvalue weighted by molar-refractivity contribution is 5.68. The summed E-state index contributed by atoms with van der Waals surface area (Å²) in [5, 5.41) is 9.47. The van der Waals surface area contributed by atoms with Gasteiger partial charge in [-0.2, -0.15) is 5.26 Å². The summed E-state index contributed by atoms with van der Waals surface area (Å²) in [6.45, 7) is 3.13. The van der Waals surface area contributed by atoms with Crippen molar-refractivity contribution in [3.63, 3.8) is 0 Å². The number of rotatable bonds is 3. The minimum Gasteiger partial charge on any atom is -0.422 e. The summed E-state index contributed by atoms with van der Waals surface area (Å²) in [5.74, 6) is 0.486. The van der Waals surface area contributed by atoms with Gasteiger partial charge in [0.15, 0.2) is 5.56 Å². The van der Waals surface area contributed by atoms with Crippen LogP contribution in [0.5, 0.6) is 0 Å². The molecule has 5 heteroatoms. The molecule has 1 aliphatic rings. The highest BCUT2D eigenvalue weighted by Gasteiger charge is 2.22. The Bertz CT molecular complexity index is 1010. The Kier molecular flexibility index (Phi) is 4.63. The number of benzene rings is 2. The van der Waals surface area contributed by atoms with E-state index in [9.17, 15) is 10.1 Å². The van der Waals surface area contributed by atoms with E-state index in [1.807, 2.05) is 60.7 Å². The number of piperazine rings is 1. The summed E-state index contributed by atoms with van der Waals surface area (Å²) in [7, 11) is 0. The molecule has 0 radical (unpaired) electrons. The van der Waals surface area contributed by atoms with Gasteiger partial charge < -0.3 is 14.2 Å². The summed E-state index contributed by atoms with van der Waals surface area (Å²) >= 11 is 0. The lowest BCUT2D eigenvalue weighted by Crippen LogP contribution is -2.47. The number of hydrogen-bond acceptors (Lipinski definition) is 5. The van der Waals surface area contributed by atoms with Crippen LogP contribution in [0.15, 0.2) is 75.9 Å². The lowest BCUT2D eigenvalue weighted by Gasteiger charge is -2.37. The molecule has 27 heavy (non-hydrogen) atoms. The first-order chi connectivity index (χ1) is 13.3. The van der Waals surface area contributed by atoms with Gasteiger partial charge >= 0.3 is 5.63 Å². The second-order valence-corrected chi connectivity index (χ2v) is 6.45. The molecule has 1 aromatic heterocycles. The van der Waals surface area contributed by atoms with Crippen molar-refractivity contribution < 1.29 is 4.42 Å². The lowest BCUT2D eigenvalue weighted by molar-refractivity contribution is 0.521. The number of nitrogens with zero attached hydrogens (tertiary/aromatic N) is 3. The predicted molar refractivity (Wildman–Crippen MR) is 106 cm³/mol. The van der Waals surface area contributed by atoms with Gasteiger partial charge in [0.2, 0.25) is 0 Å². The zero-order valence-electron chi connectivity index (χ0n) is 14.8. The summed E-state index contributed by atoms with van der Waals surface area (Å²) in [6, 6.07) is 23.6. The molecular weight excluding hydrogens is 338 g/mol. The molecule has 1 aliphatic heterocycles. The molecule has 1 fully saturated rings. The van der Waals surface area contributed by atoms with E-state index in [2.05, 4.69) is 21.9 Å². The first-order valence-corrected chi connectivity index (χ1v) is 8.95. The average molecular weight is 357 g/mol. The molecule has 2 heterocycles. The number of nitriles is 1. The molecule has 3 aromatic rings. The van der Waals surface area contributed by atoms with Gasteiger partial charge in [-0.05, 0) is 12.1 Å². The fraction of sp³-hybridized carbons (Fsp3) is 0.182. The second kappa shape index (κ2) is 7.38. The molecule has 0 N–H and O–H groups in total. The van der Waals surface area contributed by atoms with Gasteiger partial charge in [-0.25, -0.2) is 4.79 Å². The van der Waals surface area contributed by atoms with Crippen LogP contribution >= 0.6 is 0 Å². The fourth-order valence-electron chi connectivity index (χ4n) is 3.42. The summed E-state index contributed by atoms with van der Waals surface area (Å²) in [5.41, 5.74) is 2.15. The Morgan fingerprint density at radius 3 is 2.07 bits per heavy atom. The highest BCUT2D eigenvalue weighted by atomic mass is 16.4. The molecule has 1 saturated heterocycles. The fourth-order valence-corrected chi connectivity index (χ4v) is 3.42. The third-order valence-corrected chi connectivity index (χ3v) is 4.84. The smallest absolute Gasteiger partial charge is 0.356 e. The Balaban J connectivity index is 1.63. The molecule has 0 saturated carbocycles.